The largest absolute Gasteiger partial charge is 0.408 e. The maximum absolute atomic E-state index is 12.9. The number of aryl methyl sites for hydroxylation is 1. The molecule has 2 aliphatic carbocycles. The first-order valence-corrected chi connectivity index (χ1v) is 15.3. The first kappa shape index (κ1) is 33.8. The van der Waals surface area contributed by atoms with E-state index in [0.29, 0.717) is 35.4 Å². The van der Waals surface area contributed by atoms with Crippen molar-refractivity contribution in [3.63, 3.8) is 0 Å². The van der Waals surface area contributed by atoms with Gasteiger partial charge in [0, 0.05) is 36.6 Å². The molecule has 1 saturated heterocycles. The van der Waals surface area contributed by atoms with Gasteiger partial charge in [-0.25, -0.2) is 32.9 Å². The molecule has 3 aliphatic rings. The number of carbonyl (C=O) groups excluding carboxylic acids is 2. The lowest BCUT2D eigenvalue weighted by Gasteiger charge is -2.20. The fraction of sp³-hybridized carbons (Fsp3) is 0.533. The van der Waals surface area contributed by atoms with E-state index in [-0.39, 0.29) is 43.8 Å². The molecule has 0 bridgehead atoms. The second-order valence-corrected chi connectivity index (χ2v) is 11.9. The van der Waals surface area contributed by atoms with Crippen LogP contribution in [-0.2, 0) is 17.8 Å². The van der Waals surface area contributed by atoms with Crippen LogP contribution < -0.4 is 10.6 Å². The minimum atomic E-state index is -4.46. The Bertz CT molecular complexity index is 1650. The highest BCUT2D eigenvalue weighted by molar-refractivity contribution is 5.93. The van der Waals surface area contributed by atoms with Gasteiger partial charge in [-0.3, -0.25) is 9.59 Å². The Morgan fingerprint density at radius 2 is 1.94 bits per heavy atom. The predicted octanol–water partition coefficient (Wildman–Crippen LogP) is 4.90. The van der Waals surface area contributed by atoms with Crippen LogP contribution >= 0.6 is 0 Å². The van der Waals surface area contributed by atoms with Crippen molar-refractivity contribution in [2.24, 2.45) is 5.92 Å². The number of nitrogens with zero attached hydrogens (tertiary/aromatic N) is 7. The summed E-state index contributed by atoms with van der Waals surface area (Å²) in [7, 11) is 0. The Morgan fingerprint density at radius 1 is 1.17 bits per heavy atom. The van der Waals surface area contributed by atoms with Gasteiger partial charge in [0.15, 0.2) is 11.3 Å². The zero-order chi connectivity index (χ0) is 33.6. The van der Waals surface area contributed by atoms with Gasteiger partial charge in [-0.15, -0.1) is 0 Å². The van der Waals surface area contributed by atoms with Crippen LogP contribution in [0.4, 0.5) is 22.0 Å². The van der Waals surface area contributed by atoms with Gasteiger partial charge in [0.25, 0.3) is 5.91 Å². The first-order valence-electron chi connectivity index (χ1n) is 15.3. The maximum atomic E-state index is 12.9. The molecule has 3 fully saturated rings. The van der Waals surface area contributed by atoms with Gasteiger partial charge in [0.05, 0.1) is 24.6 Å². The molecule has 2 amide bonds. The molecule has 7 rings (SSSR count). The minimum Gasteiger partial charge on any atom is -0.345 e. The normalized spacial score (nSPS) is 20.4. The highest BCUT2D eigenvalue weighted by Gasteiger charge is 2.47. The van der Waals surface area contributed by atoms with E-state index in [1.165, 1.54) is 17.0 Å². The zero-order valence-corrected chi connectivity index (χ0v) is 25.5. The van der Waals surface area contributed by atoms with Crippen LogP contribution in [-0.4, -0.2) is 64.8 Å². The summed E-state index contributed by atoms with van der Waals surface area (Å²) in [5.74, 6) is -3.92. The van der Waals surface area contributed by atoms with E-state index in [9.17, 15) is 31.5 Å². The van der Waals surface area contributed by atoms with Crippen molar-refractivity contribution in [1.29, 1.82) is 0 Å². The number of rotatable bonds is 6. The van der Waals surface area contributed by atoms with E-state index >= 15 is 0 Å². The Kier molecular flexibility index (Phi) is 10.4. The molecule has 2 N–H and O–H groups in total. The molecule has 4 aromatic heterocycles. The molecule has 0 radical (unpaired) electrons. The second kappa shape index (κ2) is 14.5. The number of carbonyl (C=O) groups is 2. The third-order valence-corrected chi connectivity index (χ3v) is 7.95. The fourth-order valence-electron chi connectivity index (χ4n) is 5.24. The lowest BCUT2D eigenvalue weighted by Crippen LogP contribution is -2.38. The van der Waals surface area contributed by atoms with Crippen LogP contribution in [0.5, 0.6) is 0 Å². The van der Waals surface area contributed by atoms with Gasteiger partial charge in [-0.05, 0) is 68.3 Å². The van der Waals surface area contributed by atoms with Crippen molar-refractivity contribution in [2.45, 2.75) is 95.3 Å². The average molecular weight is 664 g/mol. The summed E-state index contributed by atoms with van der Waals surface area (Å²) >= 11 is 0. The van der Waals surface area contributed by atoms with Gasteiger partial charge in [0.2, 0.25) is 11.8 Å². The summed E-state index contributed by atoms with van der Waals surface area (Å²) in [6, 6.07) is 1.71. The number of nitrogens with one attached hydrogen (secondary N) is 2. The SMILES string of the molecule is Cc1ccncn1.FC1(F)CCCCC1.O=C(NCc1cn2ncc(C[C@H]3CC(C(F)(F)F)NC3=O)cc2n1)c1nonc1C1CC1. The van der Waals surface area contributed by atoms with Gasteiger partial charge < -0.3 is 10.6 Å². The minimum absolute atomic E-state index is 0.118. The molecule has 12 nitrogen and oxygen atoms in total. The van der Waals surface area contributed by atoms with E-state index in [0.717, 1.165) is 25.0 Å². The molecule has 2 atom stereocenters. The summed E-state index contributed by atoms with van der Waals surface area (Å²) in [6.45, 7) is 2.05. The Morgan fingerprint density at radius 3 is 2.51 bits per heavy atom. The van der Waals surface area contributed by atoms with Crippen molar-refractivity contribution in [3.05, 3.63) is 65.4 Å². The summed E-state index contributed by atoms with van der Waals surface area (Å²) < 4.78 is 69.2. The van der Waals surface area contributed by atoms with E-state index < -0.39 is 35.9 Å². The van der Waals surface area contributed by atoms with Crippen LogP contribution in [0.2, 0.25) is 0 Å². The van der Waals surface area contributed by atoms with Crippen molar-refractivity contribution >= 4 is 17.5 Å². The third-order valence-electron chi connectivity index (χ3n) is 7.95. The molecule has 17 heteroatoms. The van der Waals surface area contributed by atoms with Crippen LogP contribution in [0.3, 0.4) is 0 Å². The average Bonchev–Trinajstić information content (AvgIpc) is 3.41. The number of amides is 2. The number of imidazole rings is 1. The second-order valence-electron chi connectivity index (χ2n) is 11.9. The highest BCUT2D eigenvalue weighted by atomic mass is 19.4. The number of alkyl halides is 5. The molecule has 0 spiro atoms. The first-order chi connectivity index (χ1) is 22.4. The third kappa shape index (κ3) is 9.48. The Labute approximate surface area is 265 Å². The fourth-order valence-corrected chi connectivity index (χ4v) is 5.24. The maximum Gasteiger partial charge on any atom is 0.408 e. The Balaban J connectivity index is 0.000000236. The molecule has 0 aromatic carbocycles. The summed E-state index contributed by atoms with van der Waals surface area (Å²) in [5.41, 5.74) is 3.33. The number of halogens is 5. The standard InChI is InChI=1S/C19H18F3N7O3.C6H10F2.C5H6N2/c20-19(21,22)13-5-11(17(30)26-13)3-9-4-14-25-12(8-29(14)24-6-9)7-23-18(31)16-15(10-1-2-10)27-32-28-16;7-6(8)4-2-1-3-5-6;1-5-2-3-6-4-7-5/h4,6,8,10-11,13H,1-3,5,7H2,(H,23,31)(H,26,30);1-5H2;2-4H,1H3/t11-,13?;;/m0../s1. The van der Waals surface area contributed by atoms with Crippen LogP contribution in [0, 0.1) is 12.8 Å². The van der Waals surface area contributed by atoms with Crippen molar-refractivity contribution in [2.75, 3.05) is 0 Å². The van der Waals surface area contributed by atoms with E-state index in [1.54, 1.807) is 18.5 Å². The predicted molar refractivity (Wildman–Crippen MR) is 155 cm³/mol. The summed E-state index contributed by atoms with van der Waals surface area (Å²) in [5, 5.41) is 16.4. The number of fused-ring (bicyclic) bond motifs is 1. The van der Waals surface area contributed by atoms with E-state index in [2.05, 4.69) is 40.3 Å². The molecular weight excluding hydrogens is 629 g/mol. The number of aromatic nitrogens is 7. The molecule has 1 aliphatic heterocycles. The topological polar surface area (TPSA) is 153 Å². The van der Waals surface area contributed by atoms with Crippen LogP contribution in [0.15, 0.2) is 41.7 Å². The smallest absolute Gasteiger partial charge is 0.345 e. The van der Waals surface area contributed by atoms with E-state index in [4.69, 9.17) is 0 Å². The van der Waals surface area contributed by atoms with Crippen LogP contribution in [0.25, 0.3) is 5.65 Å². The monoisotopic (exact) mass is 663 g/mol. The Hall–Kier alpha value is -4.57. The number of hydrogen-bond acceptors (Lipinski definition) is 9. The van der Waals surface area contributed by atoms with Gasteiger partial charge in [-0.1, -0.05) is 11.6 Å². The van der Waals surface area contributed by atoms with Gasteiger partial charge >= 0.3 is 6.18 Å². The van der Waals surface area contributed by atoms with Crippen molar-refractivity contribution in [3.8, 4) is 0 Å². The highest BCUT2D eigenvalue weighted by Crippen LogP contribution is 2.40. The number of hydrogen-bond donors (Lipinski definition) is 2. The lowest BCUT2D eigenvalue weighted by atomic mass is 9.97. The zero-order valence-electron chi connectivity index (χ0n) is 25.5. The van der Waals surface area contributed by atoms with Gasteiger partial charge in [0.1, 0.15) is 18.1 Å². The van der Waals surface area contributed by atoms with Crippen molar-refractivity contribution in [1.82, 2.24) is 45.5 Å². The summed E-state index contributed by atoms with van der Waals surface area (Å²) in [4.78, 5) is 36.3. The van der Waals surface area contributed by atoms with Gasteiger partial charge in [-0.2, -0.15) is 18.3 Å². The van der Waals surface area contributed by atoms with Crippen LogP contribution in [0.1, 0.15) is 90.4 Å². The molecule has 4 aromatic rings. The molecule has 252 valence electrons. The quantitative estimate of drug-likeness (QED) is 0.274. The molecular formula is C30H34F5N9O3. The van der Waals surface area contributed by atoms with E-state index in [1.807, 2.05) is 18.3 Å². The molecule has 47 heavy (non-hydrogen) atoms. The lowest BCUT2D eigenvalue weighted by molar-refractivity contribution is -0.154. The molecule has 1 unspecified atom stereocenters. The summed E-state index contributed by atoms with van der Waals surface area (Å²) in [6.07, 6.45) is 6.31. The molecule has 5 heterocycles. The van der Waals surface area contributed by atoms with Crippen molar-refractivity contribution < 1.29 is 36.2 Å². The molecule has 2 saturated carbocycles.